The maximum atomic E-state index is 6.80. The van der Waals surface area contributed by atoms with Gasteiger partial charge in [-0.25, -0.2) is 0 Å². The highest BCUT2D eigenvalue weighted by Gasteiger charge is 2.26. The van der Waals surface area contributed by atoms with Crippen LogP contribution < -0.4 is 9.80 Å². The molecule has 0 saturated carbocycles. The molecule has 15 rings (SSSR count). The van der Waals surface area contributed by atoms with Crippen LogP contribution in [0.5, 0.6) is 0 Å². The Hall–Kier alpha value is -9.42. The standard InChI is InChI=1S/C68H42N2O2S/c1-3-19-43(20-4-1)47-23-9-13-31-58(47)69(60-33-17-29-53-50-26-11-15-35-62(50)71-66(53)60)45-37-39-55-57(41-45)49-25-7-8-28-52(49)65-56-40-38-46(42-64(56)73-68(55)65)70(59-32-14-10-24-48(59)44-21-5-2-6-22-44)61-34-18-30-54-51-27-12-16-36-63(51)72-67(54)61/h1-42H. The topological polar surface area (TPSA) is 32.8 Å². The van der Waals surface area contributed by atoms with Crippen molar-refractivity contribution >= 4 is 131 Å². The number of benzene rings is 12. The zero-order chi connectivity index (χ0) is 48.0. The van der Waals surface area contributed by atoms with Crippen molar-refractivity contribution in [3.05, 3.63) is 255 Å². The maximum Gasteiger partial charge on any atom is 0.159 e. The Kier molecular flexibility index (Phi) is 9.41. The summed E-state index contributed by atoms with van der Waals surface area (Å²) >= 11 is 1.87. The summed E-state index contributed by atoms with van der Waals surface area (Å²) in [5.74, 6) is 0. The van der Waals surface area contributed by atoms with E-state index in [4.69, 9.17) is 8.83 Å². The van der Waals surface area contributed by atoms with E-state index in [0.717, 1.165) is 100 Å². The van der Waals surface area contributed by atoms with Crippen molar-refractivity contribution in [2.45, 2.75) is 0 Å². The second-order valence-electron chi connectivity index (χ2n) is 18.7. The van der Waals surface area contributed by atoms with Crippen LogP contribution in [0.4, 0.5) is 34.1 Å². The summed E-state index contributed by atoms with van der Waals surface area (Å²) < 4.78 is 16.1. The Labute approximate surface area is 424 Å². The first-order chi connectivity index (χ1) is 36.2. The summed E-state index contributed by atoms with van der Waals surface area (Å²) in [7, 11) is 0. The van der Waals surface area contributed by atoms with Crippen LogP contribution in [0.1, 0.15) is 0 Å². The summed E-state index contributed by atoms with van der Waals surface area (Å²) in [5, 5.41) is 11.8. The Morgan fingerprint density at radius 2 is 0.726 bits per heavy atom. The van der Waals surface area contributed by atoms with Gasteiger partial charge >= 0.3 is 0 Å². The minimum absolute atomic E-state index is 0.851. The first-order valence-corrected chi connectivity index (χ1v) is 25.6. The summed E-state index contributed by atoms with van der Waals surface area (Å²) in [5.41, 5.74) is 14.2. The third-order valence-electron chi connectivity index (χ3n) is 14.6. The van der Waals surface area contributed by atoms with E-state index in [-0.39, 0.29) is 0 Å². The summed E-state index contributed by atoms with van der Waals surface area (Å²) in [6.45, 7) is 0. The number of para-hydroxylation sites is 6. The molecule has 15 aromatic rings. The molecule has 73 heavy (non-hydrogen) atoms. The van der Waals surface area contributed by atoms with Crippen molar-refractivity contribution in [1.29, 1.82) is 0 Å². The second-order valence-corrected chi connectivity index (χ2v) is 19.8. The monoisotopic (exact) mass is 950 g/mol. The van der Waals surface area contributed by atoms with Gasteiger partial charge in [0.15, 0.2) is 11.2 Å². The maximum absolute atomic E-state index is 6.80. The van der Waals surface area contributed by atoms with E-state index in [1.54, 1.807) is 0 Å². The van der Waals surface area contributed by atoms with Crippen molar-refractivity contribution in [2.75, 3.05) is 9.80 Å². The Bertz CT molecular complexity index is 4650. The molecule has 342 valence electrons. The summed E-state index contributed by atoms with van der Waals surface area (Å²) in [6, 6.07) is 91.5. The lowest BCUT2D eigenvalue weighted by Crippen LogP contribution is -2.11. The lowest BCUT2D eigenvalue weighted by atomic mass is 9.96. The fourth-order valence-corrected chi connectivity index (χ4v) is 12.7. The molecular formula is C68H42N2O2S. The van der Waals surface area contributed by atoms with Gasteiger partial charge in [0, 0.05) is 69.6 Å². The molecule has 12 aromatic carbocycles. The lowest BCUT2D eigenvalue weighted by molar-refractivity contribution is 0.668. The van der Waals surface area contributed by atoms with Gasteiger partial charge in [0.25, 0.3) is 0 Å². The Morgan fingerprint density at radius 3 is 1.30 bits per heavy atom. The highest BCUT2D eigenvalue weighted by Crippen LogP contribution is 2.51. The molecule has 5 heteroatoms. The third kappa shape index (κ3) is 6.53. The summed E-state index contributed by atoms with van der Waals surface area (Å²) in [6.07, 6.45) is 0. The fourth-order valence-electron chi connectivity index (χ4n) is 11.4. The van der Waals surface area contributed by atoms with Gasteiger partial charge in [0.1, 0.15) is 11.2 Å². The van der Waals surface area contributed by atoms with E-state index in [0.29, 0.717) is 0 Å². The molecule has 0 fully saturated rings. The fraction of sp³-hybridized carbons (Fsp3) is 0. The van der Waals surface area contributed by atoms with Crippen LogP contribution >= 0.6 is 11.3 Å². The first-order valence-electron chi connectivity index (χ1n) is 24.7. The van der Waals surface area contributed by atoms with Crippen molar-refractivity contribution in [3.8, 4) is 22.3 Å². The lowest BCUT2D eigenvalue weighted by Gasteiger charge is -2.28. The molecule has 0 amide bonds. The van der Waals surface area contributed by atoms with Crippen molar-refractivity contribution in [2.24, 2.45) is 0 Å². The van der Waals surface area contributed by atoms with E-state index in [9.17, 15) is 0 Å². The average molecular weight is 951 g/mol. The van der Waals surface area contributed by atoms with Gasteiger partial charge < -0.3 is 18.6 Å². The van der Waals surface area contributed by atoms with Crippen LogP contribution in [0, 0.1) is 0 Å². The SMILES string of the molecule is c1ccc(-c2ccccc2N(c2ccc3c(c2)sc2c4ccc(N(c5ccccc5-c5ccccc5)c5cccc6c5oc5ccccc56)cc4c4ccccc4c32)c2cccc3c2oc2ccccc23)cc1. The first kappa shape index (κ1) is 41.4. The number of fused-ring (bicyclic) bond motifs is 14. The molecule has 0 radical (unpaired) electrons. The number of nitrogens with zero attached hydrogens (tertiary/aromatic N) is 2. The number of thiophene rings is 1. The van der Waals surface area contributed by atoms with Crippen LogP contribution in [-0.2, 0) is 0 Å². The van der Waals surface area contributed by atoms with Crippen LogP contribution in [0.25, 0.3) is 108 Å². The zero-order valence-corrected chi connectivity index (χ0v) is 40.2. The molecule has 0 aliphatic carbocycles. The van der Waals surface area contributed by atoms with Crippen LogP contribution in [-0.4, -0.2) is 0 Å². The number of furan rings is 2. The Balaban J connectivity index is 0.961. The minimum atomic E-state index is 0.851. The Morgan fingerprint density at radius 1 is 0.288 bits per heavy atom. The minimum Gasteiger partial charge on any atom is -0.454 e. The molecule has 0 aliphatic heterocycles. The molecule has 0 N–H and O–H groups in total. The molecule has 3 heterocycles. The van der Waals surface area contributed by atoms with Gasteiger partial charge in [-0.2, -0.15) is 0 Å². The highest BCUT2D eigenvalue weighted by molar-refractivity contribution is 7.27. The molecule has 3 aromatic heterocycles. The van der Waals surface area contributed by atoms with Crippen molar-refractivity contribution < 1.29 is 8.83 Å². The molecule has 0 saturated heterocycles. The quantitative estimate of drug-likeness (QED) is 0.142. The van der Waals surface area contributed by atoms with E-state index in [1.165, 1.54) is 41.7 Å². The smallest absolute Gasteiger partial charge is 0.159 e. The predicted molar refractivity (Wildman–Crippen MR) is 309 cm³/mol. The van der Waals surface area contributed by atoms with Gasteiger partial charge in [-0.1, -0.05) is 194 Å². The van der Waals surface area contributed by atoms with E-state index in [2.05, 4.69) is 252 Å². The number of hydrogen-bond donors (Lipinski definition) is 0. The van der Waals surface area contributed by atoms with Gasteiger partial charge in [-0.05, 0) is 87.9 Å². The van der Waals surface area contributed by atoms with E-state index in [1.807, 2.05) is 23.5 Å². The van der Waals surface area contributed by atoms with Gasteiger partial charge in [0.2, 0.25) is 0 Å². The van der Waals surface area contributed by atoms with E-state index < -0.39 is 0 Å². The van der Waals surface area contributed by atoms with Gasteiger partial charge in [0.05, 0.1) is 22.7 Å². The normalized spacial score (nSPS) is 11.8. The van der Waals surface area contributed by atoms with Crippen molar-refractivity contribution in [1.82, 2.24) is 0 Å². The average Bonchev–Trinajstić information content (AvgIpc) is 4.18. The van der Waals surface area contributed by atoms with Gasteiger partial charge in [-0.3, -0.25) is 0 Å². The molecular weight excluding hydrogens is 909 g/mol. The third-order valence-corrected chi connectivity index (χ3v) is 15.8. The molecule has 0 unspecified atom stereocenters. The zero-order valence-electron chi connectivity index (χ0n) is 39.4. The number of anilines is 6. The summed E-state index contributed by atoms with van der Waals surface area (Å²) in [4.78, 5) is 4.79. The van der Waals surface area contributed by atoms with Crippen LogP contribution in [0.3, 0.4) is 0 Å². The van der Waals surface area contributed by atoms with Crippen LogP contribution in [0.15, 0.2) is 264 Å². The highest BCUT2D eigenvalue weighted by atomic mass is 32.1. The number of hydrogen-bond acceptors (Lipinski definition) is 5. The van der Waals surface area contributed by atoms with Gasteiger partial charge in [-0.15, -0.1) is 11.3 Å². The predicted octanol–water partition coefficient (Wildman–Crippen LogP) is 20.4. The molecule has 0 atom stereocenters. The van der Waals surface area contributed by atoms with E-state index >= 15 is 0 Å². The second kappa shape index (κ2) is 16.6. The molecule has 0 spiro atoms. The van der Waals surface area contributed by atoms with Crippen LogP contribution in [0.2, 0.25) is 0 Å². The van der Waals surface area contributed by atoms with Crippen molar-refractivity contribution in [3.63, 3.8) is 0 Å². The molecule has 0 aliphatic rings. The number of rotatable bonds is 8. The molecule has 4 nitrogen and oxygen atoms in total. The molecule has 0 bridgehead atoms. The largest absolute Gasteiger partial charge is 0.454 e.